The van der Waals surface area contributed by atoms with E-state index in [2.05, 4.69) is 36.4 Å². The summed E-state index contributed by atoms with van der Waals surface area (Å²) in [6, 6.07) is 35.8. The number of hydrogen-bond acceptors (Lipinski definition) is 3. The van der Waals surface area contributed by atoms with E-state index >= 15 is 0 Å². The van der Waals surface area contributed by atoms with Gasteiger partial charge in [-0.3, -0.25) is 0 Å². The first-order chi connectivity index (χ1) is 15.2. The highest BCUT2D eigenvalue weighted by Gasteiger charge is 2.37. The molecule has 0 fully saturated rings. The molecule has 0 saturated carbocycles. The molecule has 3 aromatic carbocycles. The molecule has 0 amide bonds. The van der Waals surface area contributed by atoms with E-state index in [0.29, 0.717) is 17.8 Å². The molecule has 0 aliphatic carbocycles. The Bertz CT molecular complexity index is 1070. The first-order valence-corrected chi connectivity index (χ1v) is 10.2. The van der Waals surface area contributed by atoms with Crippen molar-refractivity contribution in [1.82, 2.24) is 0 Å². The number of hydrogen-bond donors (Lipinski definition) is 0. The first kappa shape index (κ1) is 20.3. The minimum Gasteiger partial charge on any atom is -0.618 e. The van der Waals surface area contributed by atoms with Crippen LogP contribution in [-0.4, -0.2) is 6.61 Å². The molecule has 0 saturated heterocycles. The van der Waals surface area contributed by atoms with Crippen LogP contribution in [0.5, 0.6) is 0 Å². The largest absolute Gasteiger partial charge is 0.618 e. The zero-order valence-electron chi connectivity index (χ0n) is 17.0. The summed E-state index contributed by atoms with van der Waals surface area (Å²) in [6.45, 7) is 0.393. The zero-order chi connectivity index (χ0) is 21.5. The van der Waals surface area contributed by atoms with Crippen molar-refractivity contribution in [3.8, 4) is 6.07 Å². The molecule has 0 spiro atoms. The summed E-state index contributed by atoms with van der Waals surface area (Å²) in [5, 5.41) is 20.9. The Morgan fingerprint density at radius 2 is 1.23 bits per heavy atom. The van der Waals surface area contributed by atoms with Crippen molar-refractivity contribution in [2.45, 2.75) is 12.0 Å². The highest BCUT2D eigenvalue weighted by Crippen LogP contribution is 2.40. The summed E-state index contributed by atoms with van der Waals surface area (Å²) in [5.74, 6) is 0. The Balaban J connectivity index is 1.74. The third kappa shape index (κ3) is 4.18. The van der Waals surface area contributed by atoms with Crippen LogP contribution < -0.4 is 4.73 Å². The maximum Gasteiger partial charge on any atom is 0.294 e. The molecule has 4 heteroatoms. The second kappa shape index (κ2) is 9.25. The van der Waals surface area contributed by atoms with Crippen LogP contribution in [0.1, 0.15) is 27.9 Å². The number of ether oxygens (including phenoxy) is 1. The maximum absolute atomic E-state index is 11.9. The molecule has 4 aromatic rings. The maximum atomic E-state index is 11.9. The van der Waals surface area contributed by atoms with Crippen molar-refractivity contribution < 1.29 is 9.47 Å². The average Bonchev–Trinajstić information content (AvgIpc) is 2.84. The second-order valence-electron chi connectivity index (χ2n) is 7.24. The van der Waals surface area contributed by atoms with Crippen LogP contribution in [-0.2, 0) is 16.8 Å². The van der Waals surface area contributed by atoms with Gasteiger partial charge in [-0.15, -0.1) is 0 Å². The SMILES string of the molecule is N#Cc1ccc(CCOC(c2ccccc2)(c2ccccc2)c2ccccc2)c[n+]1[O-]. The van der Waals surface area contributed by atoms with Gasteiger partial charge in [0.2, 0.25) is 0 Å². The van der Waals surface area contributed by atoms with Crippen LogP contribution >= 0.6 is 0 Å². The van der Waals surface area contributed by atoms with Gasteiger partial charge in [0.25, 0.3) is 5.69 Å². The van der Waals surface area contributed by atoms with Crippen LogP contribution in [0.25, 0.3) is 0 Å². The summed E-state index contributed by atoms with van der Waals surface area (Å²) >= 11 is 0. The average molecular weight is 406 g/mol. The van der Waals surface area contributed by atoms with Crippen LogP contribution in [0.15, 0.2) is 109 Å². The van der Waals surface area contributed by atoms with Crippen molar-refractivity contribution >= 4 is 0 Å². The van der Waals surface area contributed by atoms with E-state index in [1.54, 1.807) is 12.1 Å². The molecule has 1 aromatic heterocycles. The molecule has 1 heterocycles. The van der Waals surface area contributed by atoms with Gasteiger partial charge in [0.15, 0.2) is 12.3 Å². The van der Waals surface area contributed by atoms with Gasteiger partial charge in [0.1, 0.15) is 5.60 Å². The van der Waals surface area contributed by atoms with Gasteiger partial charge in [-0.2, -0.15) is 9.99 Å². The zero-order valence-corrected chi connectivity index (χ0v) is 17.0. The normalized spacial score (nSPS) is 11.1. The van der Waals surface area contributed by atoms with E-state index in [9.17, 15) is 5.21 Å². The van der Waals surface area contributed by atoms with Crippen molar-refractivity contribution in [3.63, 3.8) is 0 Å². The number of pyridine rings is 1. The van der Waals surface area contributed by atoms with E-state index in [1.807, 2.05) is 60.7 Å². The van der Waals surface area contributed by atoms with E-state index < -0.39 is 5.60 Å². The summed E-state index contributed by atoms with van der Waals surface area (Å²) in [4.78, 5) is 0. The lowest BCUT2D eigenvalue weighted by Crippen LogP contribution is -2.34. The van der Waals surface area contributed by atoms with Gasteiger partial charge in [-0.25, -0.2) is 0 Å². The number of nitrogens with zero attached hydrogens (tertiary/aromatic N) is 2. The Kier molecular flexibility index (Phi) is 6.07. The lowest BCUT2D eigenvalue weighted by Gasteiger charge is -2.36. The summed E-state index contributed by atoms with van der Waals surface area (Å²) < 4.78 is 7.32. The minimum atomic E-state index is -0.788. The lowest BCUT2D eigenvalue weighted by atomic mass is 9.80. The monoisotopic (exact) mass is 406 g/mol. The molecular formula is C27H22N2O2. The Morgan fingerprint density at radius 1 is 0.742 bits per heavy atom. The van der Waals surface area contributed by atoms with Gasteiger partial charge in [0.05, 0.1) is 6.61 Å². The molecule has 0 radical (unpaired) electrons. The highest BCUT2D eigenvalue weighted by molar-refractivity contribution is 5.47. The van der Waals surface area contributed by atoms with E-state index in [1.165, 1.54) is 6.20 Å². The van der Waals surface area contributed by atoms with Gasteiger partial charge in [-0.05, 0) is 22.8 Å². The molecule has 0 bridgehead atoms. The smallest absolute Gasteiger partial charge is 0.294 e. The molecule has 4 nitrogen and oxygen atoms in total. The van der Waals surface area contributed by atoms with Gasteiger partial charge in [0, 0.05) is 18.1 Å². The van der Waals surface area contributed by atoms with Crippen molar-refractivity contribution in [3.05, 3.63) is 142 Å². The summed E-state index contributed by atoms with van der Waals surface area (Å²) in [7, 11) is 0. The number of aromatic nitrogens is 1. The molecule has 0 aliphatic heterocycles. The molecule has 0 aliphatic rings. The van der Waals surface area contributed by atoms with Crippen LogP contribution in [0.4, 0.5) is 0 Å². The predicted octanol–water partition coefficient (Wildman–Crippen LogP) is 4.74. The fourth-order valence-electron chi connectivity index (χ4n) is 3.85. The predicted molar refractivity (Wildman–Crippen MR) is 119 cm³/mol. The molecule has 0 atom stereocenters. The Labute approximate surface area is 182 Å². The van der Waals surface area contributed by atoms with Crippen LogP contribution in [0, 0.1) is 16.5 Å². The molecule has 152 valence electrons. The summed E-state index contributed by atoms with van der Waals surface area (Å²) in [5.41, 5.74) is 3.21. The molecule has 0 N–H and O–H groups in total. The van der Waals surface area contributed by atoms with Gasteiger partial charge in [-0.1, -0.05) is 91.0 Å². The number of benzene rings is 3. The third-order valence-corrected chi connectivity index (χ3v) is 5.34. The van der Waals surface area contributed by atoms with Crippen LogP contribution in [0.3, 0.4) is 0 Å². The number of nitriles is 1. The highest BCUT2D eigenvalue weighted by atomic mass is 16.5. The van der Waals surface area contributed by atoms with Crippen molar-refractivity contribution in [2.24, 2.45) is 0 Å². The standard InChI is InChI=1S/C27H22N2O2/c28-20-26-17-16-22(21-29(26)30)18-19-31-27(23-10-4-1-5-11-23,24-12-6-2-7-13-24)25-14-8-3-9-15-25/h1-17,21H,18-19H2. The summed E-state index contributed by atoms with van der Waals surface area (Å²) in [6.07, 6.45) is 1.99. The molecule has 0 unspecified atom stereocenters. The number of rotatable bonds is 7. The van der Waals surface area contributed by atoms with Gasteiger partial charge >= 0.3 is 0 Å². The topological polar surface area (TPSA) is 60.0 Å². The molecule has 31 heavy (non-hydrogen) atoms. The Morgan fingerprint density at radius 3 is 1.65 bits per heavy atom. The van der Waals surface area contributed by atoms with Crippen molar-refractivity contribution in [2.75, 3.05) is 6.61 Å². The van der Waals surface area contributed by atoms with E-state index in [0.717, 1.165) is 22.3 Å². The van der Waals surface area contributed by atoms with Gasteiger partial charge < -0.3 is 9.94 Å². The van der Waals surface area contributed by atoms with Crippen molar-refractivity contribution in [1.29, 1.82) is 5.26 Å². The van der Waals surface area contributed by atoms with Crippen LogP contribution in [0.2, 0.25) is 0 Å². The first-order valence-electron chi connectivity index (χ1n) is 10.2. The van der Waals surface area contributed by atoms with E-state index in [-0.39, 0.29) is 5.69 Å². The third-order valence-electron chi connectivity index (χ3n) is 5.34. The lowest BCUT2D eigenvalue weighted by molar-refractivity contribution is -0.608. The Hall–Kier alpha value is -3.94. The van der Waals surface area contributed by atoms with E-state index in [4.69, 9.17) is 10.00 Å². The molecular weight excluding hydrogens is 384 g/mol. The minimum absolute atomic E-state index is 0.0804. The fraction of sp³-hybridized carbons (Fsp3) is 0.111. The quantitative estimate of drug-likeness (QED) is 0.253. The molecule has 4 rings (SSSR count). The fourth-order valence-corrected chi connectivity index (χ4v) is 3.85. The second-order valence-corrected chi connectivity index (χ2v) is 7.24.